The van der Waals surface area contributed by atoms with Crippen LogP contribution < -0.4 is 4.90 Å². The molecule has 0 radical (unpaired) electrons. The van der Waals surface area contributed by atoms with E-state index in [0.29, 0.717) is 16.2 Å². The van der Waals surface area contributed by atoms with E-state index in [1.54, 1.807) is 12.1 Å². The van der Waals surface area contributed by atoms with Crippen LogP contribution in [0.15, 0.2) is 65.6 Å². The summed E-state index contributed by atoms with van der Waals surface area (Å²) in [6.45, 7) is 1.98. The number of thioether (sulfide) groups is 1. The van der Waals surface area contributed by atoms with Gasteiger partial charge in [0.1, 0.15) is 0 Å². The average molecular weight is 309 g/mol. The molecule has 110 valence electrons. The lowest BCUT2D eigenvalue weighted by Crippen LogP contribution is -2.31. The molecular formula is C18H15NO2S. The highest BCUT2D eigenvalue weighted by Gasteiger charge is 2.39. The second kappa shape index (κ2) is 6.20. The summed E-state index contributed by atoms with van der Waals surface area (Å²) in [6.07, 6.45) is 0. The van der Waals surface area contributed by atoms with Gasteiger partial charge in [0.15, 0.2) is 0 Å². The molecule has 2 amide bonds. The summed E-state index contributed by atoms with van der Waals surface area (Å²) in [5.41, 5.74) is 1.90. The minimum absolute atomic E-state index is 0.234. The Morgan fingerprint density at radius 3 is 2.05 bits per heavy atom. The molecule has 2 aromatic rings. The van der Waals surface area contributed by atoms with Crippen molar-refractivity contribution in [1.29, 1.82) is 0 Å². The van der Waals surface area contributed by atoms with E-state index in [0.717, 1.165) is 11.3 Å². The molecule has 0 aromatic heterocycles. The minimum atomic E-state index is -0.252. The van der Waals surface area contributed by atoms with Crippen LogP contribution in [0.25, 0.3) is 5.57 Å². The summed E-state index contributed by atoms with van der Waals surface area (Å²) in [7, 11) is 0. The molecule has 2 aromatic carbocycles. The number of hydrogen-bond donors (Lipinski definition) is 0. The van der Waals surface area contributed by atoms with Gasteiger partial charge >= 0.3 is 0 Å². The van der Waals surface area contributed by atoms with Gasteiger partial charge in [-0.3, -0.25) is 9.59 Å². The number of para-hydroxylation sites is 1. The molecule has 1 aliphatic rings. The second-order valence-electron chi connectivity index (χ2n) is 4.78. The number of benzene rings is 2. The zero-order valence-electron chi connectivity index (χ0n) is 12.2. The average Bonchev–Trinajstić information content (AvgIpc) is 2.80. The van der Waals surface area contributed by atoms with Crippen LogP contribution in [-0.4, -0.2) is 17.6 Å². The number of carbonyl (C=O) groups is 2. The Hall–Kier alpha value is -2.33. The van der Waals surface area contributed by atoms with Crippen LogP contribution in [0.2, 0.25) is 0 Å². The van der Waals surface area contributed by atoms with E-state index < -0.39 is 0 Å². The van der Waals surface area contributed by atoms with Gasteiger partial charge in [-0.25, -0.2) is 4.90 Å². The van der Waals surface area contributed by atoms with E-state index in [1.165, 1.54) is 16.7 Å². The molecule has 0 saturated carbocycles. The van der Waals surface area contributed by atoms with Crippen molar-refractivity contribution in [2.75, 3.05) is 10.7 Å². The Morgan fingerprint density at radius 1 is 0.864 bits per heavy atom. The third-order valence-corrected chi connectivity index (χ3v) is 4.36. The number of hydrogen-bond acceptors (Lipinski definition) is 3. The van der Waals surface area contributed by atoms with Crippen molar-refractivity contribution >= 4 is 34.8 Å². The van der Waals surface area contributed by atoms with E-state index in [2.05, 4.69) is 0 Å². The van der Waals surface area contributed by atoms with Crippen LogP contribution in [0.1, 0.15) is 12.5 Å². The topological polar surface area (TPSA) is 37.4 Å². The van der Waals surface area contributed by atoms with Gasteiger partial charge in [0.05, 0.1) is 16.2 Å². The van der Waals surface area contributed by atoms with Gasteiger partial charge in [-0.15, -0.1) is 11.8 Å². The van der Waals surface area contributed by atoms with Gasteiger partial charge in [-0.1, -0.05) is 55.5 Å². The Balaban J connectivity index is 2.09. The number of carbonyl (C=O) groups excluding carboxylic acids is 2. The molecular weight excluding hydrogens is 294 g/mol. The summed E-state index contributed by atoms with van der Waals surface area (Å²) in [4.78, 5) is 27.3. The van der Waals surface area contributed by atoms with Gasteiger partial charge in [-0.05, 0) is 23.4 Å². The maximum absolute atomic E-state index is 12.8. The van der Waals surface area contributed by atoms with Crippen molar-refractivity contribution in [1.82, 2.24) is 0 Å². The van der Waals surface area contributed by atoms with Crippen LogP contribution in [0.4, 0.5) is 5.69 Å². The maximum Gasteiger partial charge on any atom is 0.272 e. The first-order valence-corrected chi connectivity index (χ1v) is 8.09. The molecule has 0 aliphatic carbocycles. The van der Waals surface area contributed by atoms with Crippen LogP contribution in [0.3, 0.4) is 0 Å². The van der Waals surface area contributed by atoms with Gasteiger partial charge in [0.25, 0.3) is 11.8 Å². The molecule has 1 aliphatic heterocycles. The van der Waals surface area contributed by atoms with Gasteiger partial charge in [-0.2, -0.15) is 0 Å². The number of nitrogens with zero attached hydrogens (tertiary/aromatic N) is 1. The van der Waals surface area contributed by atoms with Gasteiger partial charge < -0.3 is 0 Å². The largest absolute Gasteiger partial charge is 0.272 e. The number of rotatable bonds is 4. The molecule has 0 spiro atoms. The van der Waals surface area contributed by atoms with Crippen molar-refractivity contribution in [3.8, 4) is 0 Å². The number of anilines is 1. The molecule has 1 heterocycles. The minimum Gasteiger partial charge on any atom is -0.268 e. The zero-order valence-corrected chi connectivity index (χ0v) is 13.0. The molecule has 0 unspecified atom stereocenters. The monoisotopic (exact) mass is 309 g/mol. The molecule has 0 saturated heterocycles. The molecule has 3 nitrogen and oxygen atoms in total. The van der Waals surface area contributed by atoms with Crippen LogP contribution in [0, 0.1) is 0 Å². The van der Waals surface area contributed by atoms with E-state index in [4.69, 9.17) is 0 Å². The van der Waals surface area contributed by atoms with Gasteiger partial charge in [0.2, 0.25) is 0 Å². The van der Waals surface area contributed by atoms with Crippen molar-refractivity contribution in [2.45, 2.75) is 6.92 Å². The zero-order chi connectivity index (χ0) is 15.5. The predicted octanol–water partition coefficient (Wildman–Crippen LogP) is 3.72. The fraction of sp³-hybridized carbons (Fsp3) is 0.111. The lowest BCUT2D eigenvalue weighted by atomic mass is 10.1. The first-order valence-electron chi connectivity index (χ1n) is 7.10. The molecule has 4 heteroatoms. The number of imide groups is 1. The quantitative estimate of drug-likeness (QED) is 0.808. The highest BCUT2D eigenvalue weighted by molar-refractivity contribution is 8.04. The number of amides is 2. The van der Waals surface area contributed by atoms with Gasteiger partial charge in [0, 0.05) is 0 Å². The van der Waals surface area contributed by atoms with Crippen LogP contribution >= 0.6 is 11.8 Å². The Bertz CT molecular complexity index is 738. The lowest BCUT2D eigenvalue weighted by Gasteiger charge is -2.14. The van der Waals surface area contributed by atoms with Crippen molar-refractivity contribution < 1.29 is 9.59 Å². The lowest BCUT2D eigenvalue weighted by molar-refractivity contribution is -0.119. The Labute approximate surface area is 133 Å². The van der Waals surface area contributed by atoms with Crippen LogP contribution in [-0.2, 0) is 9.59 Å². The summed E-state index contributed by atoms with van der Waals surface area (Å²) in [5.74, 6) is 0.257. The van der Waals surface area contributed by atoms with Crippen molar-refractivity contribution in [3.63, 3.8) is 0 Å². The smallest absolute Gasteiger partial charge is 0.268 e. The van der Waals surface area contributed by atoms with E-state index in [1.807, 2.05) is 55.5 Å². The molecule has 3 rings (SSSR count). The van der Waals surface area contributed by atoms with E-state index in [-0.39, 0.29) is 11.8 Å². The maximum atomic E-state index is 12.8. The van der Waals surface area contributed by atoms with E-state index in [9.17, 15) is 9.59 Å². The highest BCUT2D eigenvalue weighted by atomic mass is 32.2. The second-order valence-corrected chi connectivity index (χ2v) is 6.06. The first kappa shape index (κ1) is 14.6. The highest BCUT2D eigenvalue weighted by Crippen LogP contribution is 2.37. The molecule has 0 atom stereocenters. The molecule has 0 fully saturated rings. The Kier molecular flexibility index (Phi) is 4.11. The third kappa shape index (κ3) is 2.46. The van der Waals surface area contributed by atoms with E-state index >= 15 is 0 Å². The predicted molar refractivity (Wildman–Crippen MR) is 90.4 cm³/mol. The van der Waals surface area contributed by atoms with Crippen molar-refractivity contribution in [2.24, 2.45) is 0 Å². The Morgan fingerprint density at radius 2 is 1.45 bits per heavy atom. The van der Waals surface area contributed by atoms with Crippen LogP contribution in [0.5, 0.6) is 0 Å². The fourth-order valence-corrected chi connectivity index (χ4v) is 3.31. The standard InChI is InChI=1S/C18H15NO2S/c1-2-22-16-15(13-9-5-3-6-10-13)17(20)19(18(16)21)14-11-7-4-8-12-14/h3-12H,2H2,1H3. The SMILES string of the molecule is CCSC1=C(c2ccccc2)C(=O)N(c2ccccc2)C1=O. The molecule has 0 bridgehead atoms. The molecule has 22 heavy (non-hydrogen) atoms. The normalized spacial score (nSPS) is 14.9. The molecule has 0 N–H and O–H groups in total. The first-order chi connectivity index (χ1) is 10.7. The third-order valence-electron chi connectivity index (χ3n) is 3.41. The fourth-order valence-electron chi connectivity index (χ4n) is 2.46. The summed E-state index contributed by atoms with van der Waals surface area (Å²) >= 11 is 1.42. The summed E-state index contributed by atoms with van der Waals surface area (Å²) < 4.78 is 0. The van der Waals surface area contributed by atoms with Crippen molar-refractivity contribution in [3.05, 3.63) is 71.1 Å². The summed E-state index contributed by atoms with van der Waals surface area (Å²) in [6, 6.07) is 18.4. The summed E-state index contributed by atoms with van der Waals surface area (Å²) in [5, 5.41) is 0.